The average Bonchev–Trinajstić information content (AvgIpc) is 3.21. The number of nitrogens with zero attached hydrogens (tertiary/aromatic N) is 6. The van der Waals surface area contributed by atoms with Crippen LogP contribution in [0.4, 0.5) is 19.0 Å². The first-order chi connectivity index (χ1) is 15.4. The standard InChI is InChI=1S/C21H21F3N6O2/c1-28-11-15(18(27-28)19(23)24)21(31)30-9-7-29(8-10-30)20-16(22)17(25-12-26-20)13-3-5-14(32-2)6-4-13/h3-6,11-12,19H,7-10H2,1-2H3. The Balaban J connectivity index is 1.49. The summed E-state index contributed by atoms with van der Waals surface area (Å²) in [6, 6.07) is 6.85. The Bertz CT molecular complexity index is 1110. The summed E-state index contributed by atoms with van der Waals surface area (Å²) in [5, 5.41) is 3.68. The summed E-state index contributed by atoms with van der Waals surface area (Å²) in [5.74, 6) is -0.305. The number of methoxy groups -OCH3 is 1. The Labute approximate surface area is 182 Å². The minimum atomic E-state index is -2.84. The molecule has 1 saturated heterocycles. The highest BCUT2D eigenvalue weighted by molar-refractivity contribution is 5.95. The number of benzene rings is 1. The molecule has 1 amide bonds. The average molecular weight is 446 g/mol. The molecule has 0 radical (unpaired) electrons. The third-order valence-electron chi connectivity index (χ3n) is 5.30. The molecule has 0 spiro atoms. The van der Waals surface area contributed by atoms with Crippen LogP contribution in [0.25, 0.3) is 11.3 Å². The van der Waals surface area contributed by atoms with Gasteiger partial charge in [0, 0.05) is 45.0 Å². The van der Waals surface area contributed by atoms with Crippen molar-refractivity contribution in [1.82, 2.24) is 24.6 Å². The molecular weight excluding hydrogens is 425 g/mol. The molecule has 0 unspecified atom stereocenters. The lowest BCUT2D eigenvalue weighted by atomic mass is 10.1. The third-order valence-corrected chi connectivity index (χ3v) is 5.30. The van der Waals surface area contributed by atoms with Crippen LogP contribution in [0, 0.1) is 5.82 Å². The highest BCUT2D eigenvalue weighted by atomic mass is 19.3. The molecule has 4 rings (SSSR count). The van der Waals surface area contributed by atoms with Gasteiger partial charge >= 0.3 is 0 Å². The van der Waals surface area contributed by atoms with Crippen LogP contribution in [0.1, 0.15) is 22.5 Å². The number of aromatic nitrogens is 4. The summed E-state index contributed by atoms with van der Waals surface area (Å²) in [4.78, 5) is 24.1. The lowest BCUT2D eigenvalue weighted by Crippen LogP contribution is -2.49. The van der Waals surface area contributed by atoms with E-state index in [-0.39, 0.29) is 30.2 Å². The minimum Gasteiger partial charge on any atom is -0.497 e. The van der Waals surface area contributed by atoms with Crippen LogP contribution in [0.15, 0.2) is 36.8 Å². The number of halogens is 3. The number of piperazine rings is 1. The molecular formula is C21H21F3N6O2. The number of anilines is 1. The van der Waals surface area contributed by atoms with E-state index in [0.29, 0.717) is 24.4 Å². The van der Waals surface area contributed by atoms with Crippen molar-refractivity contribution >= 4 is 11.7 Å². The van der Waals surface area contributed by atoms with Gasteiger partial charge in [-0.2, -0.15) is 5.10 Å². The van der Waals surface area contributed by atoms with E-state index in [1.807, 2.05) is 0 Å². The fraction of sp³-hybridized carbons (Fsp3) is 0.333. The lowest BCUT2D eigenvalue weighted by molar-refractivity contribution is 0.0734. The number of aryl methyl sites for hydroxylation is 1. The first kappa shape index (κ1) is 21.6. The molecule has 1 aromatic carbocycles. The highest BCUT2D eigenvalue weighted by Crippen LogP contribution is 2.28. The third kappa shape index (κ3) is 4.10. The molecule has 1 aliphatic heterocycles. The largest absolute Gasteiger partial charge is 0.497 e. The van der Waals surface area contributed by atoms with E-state index in [9.17, 15) is 13.6 Å². The van der Waals surface area contributed by atoms with E-state index in [0.717, 1.165) is 0 Å². The SMILES string of the molecule is COc1ccc(-c2ncnc(N3CCN(C(=O)c4cn(C)nc4C(F)F)CC3)c2F)cc1. The topological polar surface area (TPSA) is 76.4 Å². The summed E-state index contributed by atoms with van der Waals surface area (Å²) < 4.78 is 47.9. The summed E-state index contributed by atoms with van der Waals surface area (Å²) >= 11 is 0. The second kappa shape index (κ2) is 8.85. The van der Waals surface area contributed by atoms with Gasteiger partial charge in [-0.1, -0.05) is 0 Å². The molecule has 8 nitrogen and oxygen atoms in total. The maximum absolute atomic E-state index is 15.2. The van der Waals surface area contributed by atoms with Gasteiger partial charge in [0.05, 0.1) is 12.7 Å². The predicted molar refractivity (Wildman–Crippen MR) is 110 cm³/mol. The zero-order chi connectivity index (χ0) is 22.8. The summed E-state index contributed by atoms with van der Waals surface area (Å²) in [5.41, 5.74) is 0.0850. The number of rotatable bonds is 5. The van der Waals surface area contributed by atoms with Crippen molar-refractivity contribution < 1.29 is 22.7 Å². The van der Waals surface area contributed by atoms with Crippen molar-refractivity contribution in [1.29, 1.82) is 0 Å². The second-order valence-electron chi connectivity index (χ2n) is 7.27. The number of carbonyl (C=O) groups excluding carboxylic acids is 1. The Kier molecular flexibility index (Phi) is 5.97. The monoisotopic (exact) mass is 446 g/mol. The predicted octanol–water partition coefficient (Wildman–Crippen LogP) is 2.92. The second-order valence-corrected chi connectivity index (χ2v) is 7.27. The zero-order valence-corrected chi connectivity index (χ0v) is 17.5. The molecule has 2 aromatic heterocycles. The van der Waals surface area contributed by atoms with Crippen LogP contribution in [-0.2, 0) is 7.05 Å². The first-order valence-corrected chi connectivity index (χ1v) is 9.90. The minimum absolute atomic E-state index is 0.119. The fourth-order valence-corrected chi connectivity index (χ4v) is 3.65. The summed E-state index contributed by atoms with van der Waals surface area (Å²) in [7, 11) is 3.03. The van der Waals surface area contributed by atoms with Crippen LogP contribution in [0.3, 0.4) is 0 Å². The molecule has 0 N–H and O–H groups in total. The molecule has 0 bridgehead atoms. The highest BCUT2D eigenvalue weighted by Gasteiger charge is 2.30. The molecule has 3 heterocycles. The smallest absolute Gasteiger partial charge is 0.282 e. The van der Waals surface area contributed by atoms with Gasteiger partial charge in [-0.25, -0.2) is 23.1 Å². The van der Waals surface area contributed by atoms with Crippen LogP contribution >= 0.6 is 0 Å². The van der Waals surface area contributed by atoms with E-state index >= 15 is 4.39 Å². The Morgan fingerprint density at radius 3 is 2.41 bits per heavy atom. The summed E-state index contributed by atoms with van der Waals surface area (Å²) in [6.45, 7) is 1.06. The zero-order valence-electron chi connectivity index (χ0n) is 17.5. The quantitative estimate of drug-likeness (QED) is 0.600. The fourth-order valence-electron chi connectivity index (χ4n) is 3.65. The Morgan fingerprint density at radius 1 is 1.09 bits per heavy atom. The molecule has 1 fully saturated rings. The van der Waals surface area contributed by atoms with Crippen molar-refractivity contribution in [2.24, 2.45) is 7.05 Å². The van der Waals surface area contributed by atoms with E-state index in [1.54, 1.807) is 36.3 Å². The van der Waals surface area contributed by atoms with Gasteiger partial charge in [-0.15, -0.1) is 0 Å². The van der Waals surface area contributed by atoms with Crippen molar-refractivity contribution in [3.63, 3.8) is 0 Å². The number of carbonyl (C=O) groups is 1. The van der Waals surface area contributed by atoms with Crippen molar-refractivity contribution in [3.05, 3.63) is 53.9 Å². The van der Waals surface area contributed by atoms with Gasteiger partial charge in [0.1, 0.15) is 23.5 Å². The number of alkyl halides is 2. The van der Waals surface area contributed by atoms with Crippen LogP contribution in [-0.4, -0.2) is 63.8 Å². The van der Waals surface area contributed by atoms with Gasteiger partial charge in [0.2, 0.25) is 0 Å². The van der Waals surface area contributed by atoms with E-state index in [4.69, 9.17) is 4.74 Å². The van der Waals surface area contributed by atoms with E-state index < -0.39 is 23.8 Å². The molecule has 0 aliphatic carbocycles. The van der Waals surface area contributed by atoms with E-state index in [2.05, 4.69) is 15.1 Å². The van der Waals surface area contributed by atoms with Gasteiger partial charge in [0.15, 0.2) is 11.6 Å². The van der Waals surface area contributed by atoms with Crippen molar-refractivity contribution in [2.45, 2.75) is 6.43 Å². The maximum Gasteiger partial charge on any atom is 0.282 e. The van der Waals surface area contributed by atoms with Crippen LogP contribution in [0.5, 0.6) is 5.75 Å². The molecule has 3 aromatic rings. The normalized spacial score (nSPS) is 14.2. The molecule has 168 valence electrons. The summed E-state index contributed by atoms with van der Waals surface area (Å²) in [6.07, 6.45) is -0.260. The number of hydrogen-bond donors (Lipinski definition) is 0. The van der Waals surface area contributed by atoms with E-state index in [1.165, 1.54) is 29.2 Å². The van der Waals surface area contributed by atoms with Gasteiger partial charge in [-0.3, -0.25) is 9.48 Å². The molecule has 0 atom stereocenters. The number of hydrogen-bond acceptors (Lipinski definition) is 6. The maximum atomic E-state index is 15.2. The molecule has 1 aliphatic rings. The van der Waals surface area contributed by atoms with Crippen LogP contribution < -0.4 is 9.64 Å². The molecule has 32 heavy (non-hydrogen) atoms. The number of ether oxygens (including phenoxy) is 1. The first-order valence-electron chi connectivity index (χ1n) is 9.90. The van der Waals surface area contributed by atoms with Gasteiger partial charge < -0.3 is 14.5 Å². The Hall–Kier alpha value is -3.63. The van der Waals surface area contributed by atoms with Gasteiger partial charge in [0.25, 0.3) is 12.3 Å². The van der Waals surface area contributed by atoms with Crippen molar-refractivity contribution in [2.75, 3.05) is 38.2 Å². The molecule has 11 heteroatoms. The van der Waals surface area contributed by atoms with Crippen molar-refractivity contribution in [3.8, 4) is 17.0 Å². The van der Waals surface area contributed by atoms with Gasteiger partial charge in [-0.05, 0) is 24.3 Å². The Morgan fingerprint density at radius 2 is 1.78 bits per heavy atom. The lowest BCUT2D eigenvalue weighted by Gasteiger charge is -2.35. The number of amides is 1. The van der Waals surface area contributed by atoms with Crippen LogP contribution in [0.2, 0.25) is 0 Å². The molecule has 0 saturated carbocycles.